The number of aromatic nitrogens is 5. The van der Waals surface area contributed by atoms with Gasteiger partial charge in [-0.3, -0.25) is 24.3 Å². The maximum atomic E-state index is 14.2. The molecule has 10 nitrogen and oxygen atoms in total. The molecule has 10 heteroatoms. The lowest BCUT2D eigenvalue weighted by atomic mass is 9.82. The number of aromatic amines is 1. The van der Waals surface area contributed by atoms with Crippen LogP contribution in [0.3, 0.4) is 0 Å². The first-order valence-corrected chi connectivity index (χ1v) is 15.6. The highest BCUT2D eigenvalue weighted by atomic mass is 16.3. The number of rotatable bonds is 10. The molecule has 1 amide bonds. The predicted molar refractivity (Wildman–Crippen MR) is 180 cm³/mol. The molecule has 0 saturated carbocycles. The summed E-state index contributed by atoms with van der Waals surface area (Å²) in [4.78, 5) is 29.0. The van der Waals surface area contributed by atoms with Crippen molar-refractivity contribution in [2.75, 3.05) is 11.5 Å². The number of benzene rings is 4. The number of carbonyl (C=O) groups is 1. The molecule has 1 aliphatic heterocycles. The number of H-pyrrole nitrogens is 1. The van der Waals surface area contributed by atoms with Crippen LogP contribution in [0.2, 0.25) is 0 Å². The van der Waals surface area contributed by atoms with Gasteiger partial charge in [0.05, 0.1) is 40.5 Å². The van der Waals surface area contributed by atoms with E-state index in [0.29, 0.717) is 52.2 Å². The average molecular weight is 627 g/mol. The highest BCUT2D eigenvalue weighted by molar-refractivity contribution is 6.12. The minimum Gasteiger partial charge on any atom is -0.395 e. The highest BCUT2D eigenvalue weighted by Gasteiger charge is 2.53. The number of nitrogens with one attached hydrogen (secondary N) is 1. The zero-order valence-electron chi connectivity index (χ0n) is 25.8. The number of aryl methyl sites for hydroxylation is 1. The van der Waals surface area contributed by atoms with Crippen LogP contribution in [-0.2, 0) is 16.9 Å². The Hall–Kier alpha value is -5.58. The van der Waals surface area contributed by atoms with Gasteiger partial charge >= 0.3 is 0 Å². The van der Waals surface area contributed by atoms with Crippen molar-refractivity contribution in [1.82, 2.24) is 24.8 Å². The van der Waals surface area contributed by atoms with Crippen molar-refractivity contribution in [3.05, 3.63) is 149 Å². The van der Waals surface area contributed by atoms with Crippen molar-refractivity contribution in [3.63, 3.8) is 0 Å². The average Bonchev–Trinajstić information content (AvgIpc) is 3.77. The molecule has 1 aliphatic rings. The molecule has 47 heavy (non-hydrogen) atoms. The van der Waals surface area contributed by atoms with Crippen LogP contribution in [0.4, 0.5) is 11.4 Å². The lowest BCUT2D eigenvalue weighted by Crippen LogP contribution is -2.42. The van der Waals surface area contributed by atoms with Crippen LogP contribution in [0.1, 0.15) is 36.1 Å². The fourth-order valence-corrected chi connectivity index (χ4v) is 6.36. The van der Waals surface area contributed by atoms with E-state index in [9.17, 15) is 19.8 Å². The number of aliphatic hydroxyl groups is 2. The molecule has 1 unspecified atom stereocenters. The van der Waals surface area contributed by atoms with E-state index < -0.39 is 17.4 Å². The molecule has 3 atom stereocenters. The minimum absolute atomic E-state index is 0.0785. The standard InChI is InChI=1S/C37H34N6O4/c1-25(12-10-11-21-41-23-33(38-40-41)30(24-44)26-13-4-2-5-14-26)37(47)31-22-28(43-35(45)29-17-8-9-18-32(29)39-43)19-20-34(31)42(36(37)46)27-15-6-3-7-16-27/h2-10,12-20,22-23,25,30,39,44,47H,11,21,24H2,1H3/b12-10+/t25-,30?,37+/m1/s1. The molecule has 6 aromatic rings. The van der Waals surface area contributed by atoms with Gasteiger partial charge < -0.3 is 10.2 Å². The number of amides is 1. The Labute approximate surface area is 270 Å². The number of carbonyl (C=O) groups excluding carboxylic acids is 1. The zero-order valence-corrected chi connectivity index (χ0v) is 25.8. The summed E-state index contributed by atoms with van der Waals surface area (Å²) in [6.07, 6.45) is 6.18. The maximum Gasteiger partial charge on any atom is 0.279 e. The molecule has 2 aromatic heterocycles. The summed E-state index contributed by atoms with van der Waals surface area (Å²) in [6.45, 7) is 2.26. The first-order valence-electron chi connectivity index (χ1n) is 15.6. The monoisotopic (exact) mass is 626 g/mol. The molecule has 0 aliphatic carbocycles. The van der Waals surface area contributed by atoms with E-state index in [4.69, 9.17) is 0 Å². The number of nitrogens with zero attached hydrogens (tertiary/aromatic N) is 5. The van der Waals surface area contributed by atoms with Crippen LogP contribution in [0, 0.1) is 5.92 Å². The van der Waals surface area contributed by atoms with Crippen LogP contribution in [0.5, 0.6) is 0 Å². The van der Waals surface area contributed by atoms with Gasteiger partial charge in [0.1, 0.15) is 0 Å². The number of allylic oxidation sites excluding steroid dienone is 1. The first kappa shape index (κ1) is 30.1. The van der Waals surface area contributed by atoms with E-state index in [-0.39, 0.29) is 18.1 Å². The Morgan fingerprint density at radius 3 is 2.38 bits per heavy atom. The van der Waals surface area contributed by atoms with Crippen molar-refractivity contribution in [2.24, 2.45) is 5.92 Å². The molecular formula is C37H34N6O4. The van der Waals surface area contributed by atoms with Crippen molar-refractivity contribution < 1.29 is 15.0 Å². The normalized spacial score (nSPS) is 17.4. The highest BCUT2D eigenvalue weighted by Crippen LogP contribution is 2.48. The van der Waals surface area contributed by atoms with Gasteiger partial charge in [0.15, 0.2) is 5.60 Å². The van der Waals surface area contributed by atoms with Crippen molar-refractivity contribution >= 4 is 28.2 Å². The van der Waals surface area contributed by atoms with Gasteiger partial charge in [-0.25, -0.2) is 4.68 Å². The van der Waals surface area contributed by atoms with E-state index in [1.54, 1.807) is 33.8 Å². The summed E-state index contributed by atoms with van der Waals surface area (Å²) in [5, 5.41) is 34.5. The number of hydrogen-bond acceptors (Lipinski definition) is 6. The van der Waals surface area contributed by atoms with Gasteiger partial charge in [-0.1, -0.05) is 85.0 Å². The van der Waals surface area contributed by atoms with E-state index in [1.807, 2.05) is 104 Å². The summed E-state index contributed by atoms with van der Waals surface area (Å²) in [7, 11) is 0. The van der Waals surface area contributed by atoms with Crippen molar-refractivity contribution in [2.45, 2.75) is 31.4 Å². The number of para-hydroxylation sites is 2. The Kier molecular flexibility index (Phi) is 7.88. The molecular weight excluding hydrogens is 592 g/mol. The van der Waals surface area contributed by atoms with Gasteiger partial charge in [0.2, 0.25) is 0 Å². The fraction of sp³-hybridized carbons (Fsp3) is 0.189. The molecule has 0 spiro atoms. The molecule has 3 N–H and O–H groups in total. The van der Waals surface area contributed by atoms with E-state index in [1.165, 1.54) is 4.68 Å². The van der Waals surface area contributed by atoms with E-state index in [0.717, 1.165) is 5.56 Å². The van der Waals surface area contributed by atoms with Gasteiger partial charge in [-0.2, -0.15) is 0 Å². The Morgan fingerprint density at radius 2 is 1.64 bits per heavy atom. The minimum atomic E-state index is -1.89. The molecule has 0 bridgehead atoms. The second kappa shape index (κ2) is 12.3. The predicted octanol–water partition coefficient (Wildman–Crippen LogP) is 5.18. The summed E-state index contributed by atoms with van der Waals surface area (Å²) in [5.74, 6) is -1.34. The van der Waals surface area contributed by atoms with Gasteiger partial charge in [-0.05, 0) is 54.4 Å². The topological polar surface area (TPSA) is 129 Å². The van der Waals surface area contributed by atoms with Crippen LogP contribution in [0.15, 0.2) is 126 Å². The summed E-state index contributed by atoms with van der Waals surface area (Å²) < 4.78 is 3.16. The SMILES string of the molecule is C[C@H](/C=C/CCn1cc(C(CO)c2ccccc2)nn1)[C@@]1(O)C(=O)N(c2ccccc2)c2ccc(-n3[nH]c4ccccc4c3=O)cc21. The third kappa shape index (κ3) is 5.27. The second-order valence-corrected chi connectivity index (χ2v) is 11.8. The zero-order chi connectivity index (χ0) is 32.5. The van der Waals surface area contributed by atoms with Crippen LogP contribution >= 0.6 is 0 Å². The lowest BCUT2D eigenvalue weighted by Gasteiger charge is -2.27. The number of hydrogen-bond donors (Lipinski definition) is 3. The van der Waals surface area contributed by atoms with Gasteiger partial charge in [0, 0.05) is 29.9 Å². The third-order valence-corrected chi connectivity index (χ3v) is 8.93. The van der Waals surface area contributed by atoms with E-state index >= 15 is 0 Å². The lowest BCUT2D eigenvalue weighted by molar-refractivity contribution is -0.138. The van der Waals surface area contributed by atoms with Gasteiger partial charge in [0.25, 0.3) is 11.5 Å². The molecule has 236 valence electrons. The number of fused-ring (bicyclic) bond motifs is 2. The van der Waals surface area contributed by atoms with Crippen molar-refractivity contribution in [3.8, 4) is 5.69 Å². The van der Waals surface area contributed by atoms with E-state index in [2.05, 4.69) is 15.4 Å². The molecule has 0 fully saturated rings. The summed E-state index contributed by atoms with van der Waals surface area (Å²) in [5.41, 5.74) is 2.37. The summed E-state index contributed by atoms with van der Waals surface area (Å²) in [6, 6.07) is 31.5. The second-order valence-electron chi connectivity index (χ2n) is 11.8. The van der Waals surface area contributed by atoms with Gasteiger partial charge in [-0.15, -0.1) is 5.10 Å². The first-order chi connectivity index (χ1) is 22.9. The molecule has 7 rings (SSSR count). The fourth-order valence-electron chi connectivity index (χ4n) is 6.36. The van der Waals surface area contributed by atoms with Crippen LogP contribution < -0.4 is 10.5 Å². The molecule has 0 saturated heterocycles. The van der Waals surface area contributed by atoms with Crippen molar-refractivity contribution in [1.29, 1.82) is 0 Å². The smallest absolute Gasteiger partial charge is 0.279 e. The number of anilines is 2. The quantitative estimate of drug-likeness (QED) is 0.180. The summed E-state index contributed by atoms with van der Waals surface area (Å²) >= 11 is 0. The maximum absolute atomic E-state index is 14.2. The molecule has 0 radical (unpaired) electrons. The Morgan fingerprint density at radius 1 is 0.915 bits per heavy atom. The Bertz CT molecular complexity index is 2130. The third-order valence-electron chi connectivity index (χ3n) is 8.93. The van der Waals surface area contributed by atoms with Crippen LogP contribution in [0.25, 0.3) is 16.6 Å². The number of aliphatic hydroxyl groups excluding tert-OH is 1. The Balaban J connectivity index is 1.16. The molecule has 4 aromatic carbocycles. The molecule has 3 heterocycles. The van der Waals surface area contributed by atoms with Crippen LogP contribution in [-0.4, -0.2) is 47.5 Å². The largest absolute Gasteiger partial charge is 0.395 e.